The maximum atomic E-state index is 13.2. The van der Waals surface area contributed by atoms with Gasteiger partial charge < -0.3 is 9.64 Å². The maximum Gasteiger partial charge on any atom is 0.254 e. The van der Waals surface area contributed by atoms with Crippen LogP contribution in [0.5, 0.6) is 5.75 Å². The second kappa shape index (κ2) is 8.40. The van der Waals surface area contributed by atoms with Gasteiger partial charge in [0.05, 0.1) is 12.0 Å². The van der Waals surface area contributed by atoms with Crippen molar-refractivity contribution in [2.24, 2.45) is 0 Å². The molecule has 2 aromatic rings. The molecule has 1 saturated heterocycles. The smallest absolute Gasteiger partial charge is 0.254 e. The number of hydrogen-bond donors (Lipinski definition) is 1. The number of aryl methyl sites for hydroxylation is 1. The van der Waals surface area contributed by atoms with Crippen LogP contribution in [0.15, 0.2) is 47.4 Å². The number of rotatable bonds is 5. The van der Waals surface area contributed by atoms with Gasteiger partial charge >= 0.3 is 0 Å². The van der Waals surface area contributed by atoms with E-state index in [0.29, 0.717) is 18.7 Å². The van der Waals surface area contributed by atoms with E-state index in [9.17, 15) is 13.2 Å². The van der Waals surface area contributed by atoms with Gasteiger partial charge in [0.1, 0.15) is 5.75 Å². The molecule has 6 nitrogen and oxygen atoms in total. The molecule has 0 radical (unpaired) electrons. The number of carbonyl (C=O) groups is 1. The van der Waals surface area contributed by atoms with Crippen LogP contribution < -0.4 is 9.46 Å². The molecule has 1 unspecified atom stereocenters. The monoisotopic (exact) mass is 430 g/mol. The van der Waals surface area contributed by atoms with E-state index in [1.165, 1.54) is 11.6 Å². The van der Waals surface area contributed by atoms with E-state index in [-0.39, 0.29) is 16.7 Å². The summed E-state index contributed by atoms with van der Waals surface area (Å²) in [5.74, 6) is 0.938. The number of nitrogens with zero attached hydrogens (tertiary/aromatic N) is 1. The molecule has 30 heavy (non-hydrogen) atoms. The number of hydrogen-bond acceptors (Lipinski definition) is 4. The highest BCUT2D eigenvalue weighted by Crippen LogP contribution is 2.30. The Balaban J connectivity index is 1.80. The third-order valence-electron chi connectivity index (χ3n) is 5.25. The average Bonchev–Trinajstić information content (AvgIpc) is 3.16. The fourth-order valence-corrected chi connectivity index (χ4v) is 5.17. The van der Waals surface area contributed by atoms with Crippen LogP contribution in [0.25, 0.3) is 0 Å². The molecule has 1 amide bonds. The van der Waals surface area contributed by atoms with Crippen molar-refractivity contribution in [2.75, 3.05) is 20.2 Å². The molecule has 0 aromatic heterocycles. The number of ether oxygens (including phenoxy) is 1. The summed E-state index contributed by atoms with van der Waals surface area (Å²) in [4.78, 5) is 15.1. The first-order valence-corrected chi connectivity index (χ1v) is 11.6. The first-order chi connectivity index (χ1) is 14.0. The molecule has 0 spiro atoms. The third kappa shape index (κ3) is 5.02. The minimum absolute atomic E-state index is 0.109. The van der Waals surface area contributed by atoms with Crippen LogP contribution in [0.3, 0.4) is 0 Å². The molecule has 1 fully saturated rings. The molecular formula is C23H30N2O4S. The van der Waals surface area contributed by atoms with E-state index < -0.39 is 15.6 Å². The SMILES string of the molecule is COc1ccc(C2CCN(C(=O)c3cc(S(=O)(=O)NC(C)(C)C)ccc3C)C2)cc1. The summed E-state index contributed by atoms with van der Waals surface area (Å²) in [5.41, 5.74) is 1.77. The summed E-state index contributed by atoms with van der Waals surface area (Å²) < 4.78 is 33.3. The van der Waals surface area contributed by atoms with Crippen molar-refractivity contribution in [3.8, 4) is 5.75 Å². The molecule has 162 valence electrons. The molecule has 1 atom stereocenters. The standard InChI is InChI=1S/C23H30N2O4S/c1-16-6-11-20(30(27,28)24-23(2,3)4)14-21(16)22(26)25-13-12-18(15-25)17-7-9-19(29-5)10-8-17/h6-11,14,18,24H,12-13,15H2,1-5H3. The first-order valence-electron chi connectivity index (χ1n) is 10.1. The Morgan fingerprint density at radius 3 is 2.40 bits per heavy atom. The Hall–Kier alpha value is -2.38. The van der Waals surface area contributed by atoms with Crippen molar-refractivity contribution < 1.29 is 17.9 Å². The van der Waals surface area contributed by atoms with Gasteiger partial charge in [0.2, 0.25) is 10.0 Å². The van der Waals surface area contributed by atoms with Crippen LogP contribution >= 0.6 is 0 Å². The summed E-state index contributed by atoms with van der Waals surface area (Å²) in [5, 5.41) is 0. The molecule has 2 aromatic carbocycles. The van der Waals surface area contributed by atoms with Crippen LogP contribution in [0.1, 0.15) is 54.6 Å². The van der Waals surface area contributed by atoms with Gasteiger partial charge in [-0.1, -0.05) is 18.2 Å². The number of likely N-dealkylation sites (tertiary alicyclic amines) is 1. The fraction of sp³-hybridized carbons (Fsp3) is 0.435. The lowest BCUT2D eigenvalue weighted by Gasteiger charge is -2.22. The molecular weight excluding hydrogens is 400 g/mol. The Morgan fingerprint density at radius 1 is 1.13 bits per heavy atom. The zero-order valence-corrected chi connectivity index (χ0v) is 19.0. The predicted octanol–water partition coefficient (Wildman–Crippen LogP) is 3.71. The molecule has 0 saturated carbocycles. The number of sulfonamides is 1. The number of nitrogens with one attached hydrogen (secondary N) is 1. The van der Waals surface area contributed by atoms with Crippen molar-refractivity contribution in [1.82, 2.24) is 9.62 Å². The topological polar surface area (TPSA) is 75.7 Å². The highest BCUT2D eigenvalue weighted by molar-refractivity contribution is 7.89. The first kappa shape index (κ1) is 22.3. The number of carbonyl (C=O) groups excluding carboxylic acids is 1. The van der Waals surface area contributed by atoms with Gasteiger partial charge in [-0.3, -0.25) is 4.79 Å². The zero-order valence-electron chi connectivity index (χ0n) is 18.2. The van der Waals surface area contributed by atoms with Crippen molar-refractivity contribution >= 4 is 15.9 Å². The largest absolute Gasteiger partial charge is 0.497 e. The van der Waals surface area contributed by atoms with Gasteiger partial charge in [-0.05, 0) is 69.5 Å². The Bertz CT molecular complexity index is 1020. The van der Waals surface area contributed by atoms with E-state index in [1.807, 2.05) is 36.1 Å². The van der Waals surface area contributed by atoms with Crippen molar-refractivity contribution in [3.63, 3.8) is 0 Å². The lowest BCUT2D eigenvalue weighted by molar-refractivity contribution is 0.0790. The van der Waals surface area contributed by atoms with Crippen molar-refractivity contribution in [3.05, 3.63) is 59.2 Å². The fourth-order valence-electron chi connectivity index (χ4n) is 3.72. The van der Waals surface area contributed by atoms with Crippen LogP contribution in [-0.4, -0.2) is 45.0 Å². The summed E-state index contributed by atoms with van der Waals surface area (Å²) in [6.45, 7) is 8.45. The van der Waals surface area contributed by atoms with E-state index in [1.54, 1.807) is 40.0 Å². The Labute approximate surface area is 179 Å². The zero-order chi connectivity index (χ0) is 22.1. The summed E-state index contributed by atoms with van der Waals surface area (Å²) in [6.07, 6.45) is 0.876. The second-order valence-corrected chi connectivity index (χ2v) is 10.5. The van der Waals surface area contributed by atoms with E-state index in [2.05, 4.69) is 4.72 Å². The van der Waals surface area contributed by atoms with Gasteiger partial charge in [-0.15, -0.1) is 0 Å². The van der Waals surface area contributed by atoms with Crippen LogP contribution in [0.4, 0.5) is 0 Å². The van der Waals surface area contributed by atoms with Gasteiger partial charge in [0, 0.05) is 30.1 Å². The van der Waals surface area contributed by atoms with Gasteiger partial charge in [-0.25, -0.2) is 13.1 Å². The van der Waals surface area contributed by atoms with Crippen molar-refractivity contribution in [2.45, 2.75) is 50.5 Å². The van der Waals surface area contributed by atoms with Gasteiger partial charge in [0.15, 0.2) is 0 Å². The summed E-state index contributed by atoms with van der Waals surface area (Å²) in [7, 11) is -2.07. The number of methoxy groups -OCH3 is 1. The molecule has 0 bridgehead atoms. The van der Waals surface area contributed by atoms with Crippen molar-refractivity contribution in [1.29, 1.82) is 0 Å². The molecule has 7 heteroatoms. The molecule has 1 heterocycles. The lowest BCUT2D eigenvalue weighted by Crippen LogP contribution is -2.40. The molecule has 0 aliphatic carbocycles. The van der Waals surface area contributed by atoms with E-state index >= 15 is 0 Å². The average molecular weight is 431 g/mol. The van der Waals surface area contributed by atoms with Gasteiger partial charge in [-0.2, -0.15) is 0 Å². The van der Waals surface area contributed by atoms with Gasteiger partial charge in [0.25, 0.3) is 5.91 Å². The van der Waals surface area contributed by atoms with E-state index in [0.717, 1.165) is 17.7 Å². The highest BCUT2D eigenvalue weighted by atomic mass is 32.2. The van der Waals surface area contributed by atoms with E-state index in [4.69, 9.17) is 4.74 Å². The maximum absolute atomic E-state index is 13.2. The molecule has 1 aliphatic rings. The highest BCUT2D eigenvalue weighted by Gasteiger charge is 2.30. The summed E-state index contributed by atoms with van der Waals surface area (Å²) >= 11 is 0. The molecule has 1 N–H and O–H groups in total. The lowest BCUT2D eigenvalue weighted by atomic mass is 9.98. The number of amides is 1. The Kier molecular flexibility index (Phi) is 6.24. The molecule has 3 rings (SSSR count). The van der Waals surface area contributed by atoms with Crippen LogP contribution in [0.2, 0.25) is 0 Å². The predicted molar refractivity (Wildman–Crippen MR) is 118 cm³/mol. The molecule has 1 aliphatic heterocycles. The van der Waals surface area contributed by atoms with Crippen LogP contribution in [-0.2, 0) is 10.0 Å². The number of benzene rings is 2. The summed E-state index contributed by atoms with van der Waals surface area (Å²) in [6, 6.07) is 12.7. The normalized spacial score (nSPS) is 17.2. The minimum atomic E-state index is -3.71. The second-order valence-electron chi connectivity index (χ2n) is 8.84. The Morgan fingerprint density at radius 2 is 1.80 bits per heavy atom. The quantitative estimate of drug-likeness (QED) is 0.785. The third-order valence-corrected chi connectivity index (χ3v) is 7.01. The van der Waals surface area contributed by atoms with Crippen LogP contribution in [0, 0.1) is 6.92 Å². The minimum Gasteiger partial charge on any atom is -0.497 e.